The van der Waals surface area contributed by atoms with Crippen molar-refractivity contribution in [2.75, 3.05) is 18.0 Å². The van der Waals surface area contributed by atoms with Gasteiger partial charge in [-0.25, -0.2) is 4.98 Å². The number of thiazole rings is 1. The Hall–Kier alpha value is -1.39. The quantitative estimate of drug-likeness (QED) is 0.915. The minimum Gasteiger partial charge on any atom is -0.317 e. The highest BCUT2D eigenvalue weighted by Gasteiger charge is 2.21. The SMILES string of the molecule is CCNCc1csc(N2CCc3ccccc32)n1. The molecule has 1 aliphatic heterocycles. The minimum atomic E-state index is 0.864. The molecule has 0 unspecified atom stereocenters. The van der Waals surface area contributed by atoms with E-state index in [0.717, 1.165) is 36.9 Å². The lowest BCUT2D eigenvalue weighted by molar-refractivity contribution is 0.714. The number of anilines is 2. The van der Waals surface area contributed by atoms with E-state index in [0.29, 0.717) is 0 Å². The Morgan fingerprint density at radius 1 is 1.39 bits per heavy atom. The molecular formula is C14H17N3S. The molecule has 1 aliphatic rings. The molecule has 0 amide bonds. The monoisotopic (exact) mass is 259 g/mol. The van der Waals surface area contributed by atoms with Gasteiger partial charge in [-0.05, 0) is 24.6 Å². The molecule has 1 N–H and O–H groups in total. The number of para-hydroxylation sites is 1. The molecule has 3 rings (SSSR count). The molecule has 2 aromatic rings. The van der Waals surface area contributed by atoms with E-state index in [1.165, 1.54) is 11.3 Å². The van der Waals surface area contributed by atoms with Crippen molar-refractivity contribution in [1.82, 2.24) is 10.3 Å². The molecule has 4 heteroatoms. The highest BCUT2D eigenvalue weighted by atomic mass is 32.1. The zero-order valence-electron chi connectivity index (χ0n) is 10.5. The van der Waals surface area contributed by atoms with Crippen LogP contribution in [0.3, 0.4) is 0 Å². The maximum absolute atomic E-state index is 4.71. The third-order valence-electron chi connectivity index (χ3n) is 3.21. The Labute approximate surface area is 111 Å². The summed E-state index contributed by atoms with van der Waals surface area (Å²) in [5, 5.41) is 6.58. The van der Waals surface area contributed by atoms with Crippen LogP contribution in [0.25, 0.3) is 0 Å². The van der Waals surface area contributed by atoms with Crippen LogP contribution in [-0.4, -0.2) is 18.1 Å². The van der Waals surface area contributed by atoms with Gasteiger partial charge in [0.15, 0.2) is 5.13 Å². The normalized spacial score (nSPS) is 13.9. The second-order valence-electron chi connectivity index (χ2n) is 4.43. The van der Waals surface area contributed by atoms with Crippen LogP contribution in [0, 0.1) is 0 Å². The smallest absolute Gasteiger partial charge is 0.190 e. The third kappa shape index (κ3) is 2.13. The number of nitrogens with zero attached hydrogens (tertiary/aromatic N) is 2. The van der Waals surface area contributed by atoms with E-state index in [9.17, 15) is 0 Å². The Morgan fingerprint density at radius 3 is 3.17 bits per heavy atom. The highest BCUT2D eigenvalue weighted by molar-refractivity contribution is 7.13. The van der Waals surface area contributed by atoms with Crippen LogP contribution in [0.1, 0.15) is 18.2 Å². The molecule has 2 heterocycles. The Kier molecular flexibility index (Phi) is 3.30. The van der Waals surface area contributed by atoms with Crippen molar-refractivity contribution in [2.24, 2.45) is 0 Å². The Morgan fingerprint density at radius 2 is 2.28 bits per heavy atom. The van der Waals surface area contributed by atoms with Gasteiger partial charge in [0.05, 0.1) is 5.69 Å². The van der Waals surface area contributed by atoms with Crippen molar-refractivity contribution < 1.29 is 0 Å². The van der Waals surface area contributed by atoms with Gasteiger partial charge < -0.3 is 10.2 Å². The lowest BCUT2D eigenvalue weighted by atomic mass is 10.2. The molecule has 0 saturated heterocycles. The van der Waals surface area contributed by atoms with Crippen molar-refractivity contribution in [3.63, 3.8) is 0 Å². The van der Waals surface area contributed by atoms with Gasteiger partial charge in [0, 0.05) is 24.2 Å². The Balaban J connectivity index is 1.82. The van der Waals surface area contributed by atoms with Crippen LogP contribution in [-0.2, 0) is 13.0 Å². The lowest BCUT2D eigenvalue weighted by Crippen LogP contribution is -2.14. The molecule has 1 aromatic heterocycles. The molecule has 0 spiro atoms. The van der Waals surface area contributed by atoms with Crippen molar-refractivity contribution in [3.8, 4) is 0 Å². The van der Waals surface area contributed by atoms with Crippen molar-refractivity contribution in [1.29, 1.82) is 0 Å². The molecule has 1 aromatic carbocycles. The van der Waals surface area contributed by atoms with E-state index in [4.69, 9.17) is 4.98 Å². The average molecular weight is 259 g/mol. The first-order valence-corrected chi connectivity index (χ1v) is 7.27. The summed E-state index contributed by atoms with van der Waals surface area (Å²) < 4.78 is 0. The number of aromatic nitrogens is 1. The minimum absolute atomic E-state index is 0.864. The maximum Gasteiger partial charge on any atom is 0.190 e. The van der Waals surface area contributed by atoms with E-state index >= 15 is 0 Å². The summed E-state index contributed by atoms with van der Waals surface area (Å²) in [5.74, 6) is 0. The fourth-order valence-corrected chi connectivity index (χ4v) is 3.16. The number of hydrogen-bond donors (Lipinski definition) is 1. The van der Waals surface area contributed by atoms with Crippen molar-refractivity contribution in [3.05, 3.63) is 40.9 Å². The first-order chi connectivity index (χ1) is 8.88. The van der Waals surface area contributed by atoms with Crippen LogP contribution in [0.5, 0.6) is 0 Å². The fraction of sp³-hybridized carbons (Fsp3) is 0.357. The zero-order valence-corrected chi connectivity index (χ0v) is 11.3. The molecule has 0 atom stereocenters. The molecular weight excluding hydrogens is 242 g/mol. The fourth-order valence-electron chi connectivity index (χ4n) is 2.29. The lowest BCUT2D eigenvalue weighted by Gasteiger charge is -2.15. The largest absolute Gasteiger partial charge is 0.317 e. The molecule has 0 radical (unpaired) electrons. The second-order valence-corrected chi connectivity index (χ2v) is 5.27. The molecule has 94 valence electrons. The molecule has 3 nitrogen and oxygen atoms in total. The number of benzene rings is 1. The standard InChI is InChI=1S/C14H17N3S/c1-2-15-9-12-10-18-14(16-12)17-8-7-11-5-3-4-6-13(11)17/h3-6,10,15H,2,7-9H2,1H3. The summed E-state index contributed by atoms with van der Waals surface area (Å²) in [4.78, 5) is 7.04. The third-order valence-corrected chi connectivity index (χ3v) is 4.13. The summed E-state index contributed by atoms with van der Waals surface area (Å²) in [5.41, 5.74) is 3.89. The second kappa shape index (κ2) is 5.08. The number of nitrogens with one attached hydrogen (secondary N) is 1. The maximum atomic E-state index is 4.71. The van der Waals surface area contributed by atoms with Crippen molar-refractivity contribution in [2.45, 2.75) is 19.9 Å². The van der Waals surface area contributed by atoms with E-state index in [2.05, 4.69) is 46.8 Å². The van der Waals surface area contributed by atoms with E-state index in [-0.39, 0.29) is 0 Å². The summed E-state index contributed by atoms with van der Waals surface area (Å²) in [6.45, 7) is 5.01. The van der Waals surface area contributed by atoms with Gasteiger partial charge in [-0.1, -0.05) is 25.1 Å². The number of hydrogen-bond acceptors (Lipinski definition) is 4. The van der Waals surface area contributed by atoms with E-state index in [1.54, 1.807) is 11.3 Å². The molecule has 18 heavy (non-hydrogen) atoms. The van der Waals surface area contributed by atoms with Gasteiger partial charge in [-0.15, -0.1) is 11.3 Å². The first-order valence-electron chi connectivity index (χ1n) is 6.39. The van der Waals surface area contributed by atoms with E-state index in [1.807, 2.05) is 0 Å². The van der Waals surface area contributed by atoms with Gasteiger partial charge in [0.2, 0.25) is 0 Å². The topological polar surface area (TPSA) is 28.2 Å². The van der Waals surface area contributed by atoms with Crippen LogP contribution >= 0.6 is 11.3 Å². The predicted molar refractivity (Wildman–Crippen MR) is 76.6 cm³/mol. The van der Waals surface area contributed by atoms with E-state index < -0.39 is 0 Å². The molecule has 0 bridgehead atoms. The first kappa shape index (κ1) is 11.7. The average Bonchev–Trinajstić information content (AvgIpc) is 3.02. The van der Waals surface area contributed by atoms with Gasteiger partial charge in [-0.2, -0.15) is 0 Å². The predicted octanol–water partition coefficient (Wildman–Crippen LogP) is 2.95. The van der Waals surface area contributed by atoms with Crippen LogP contribution in [0.2, 0.25) is 0 Å². The van der Waals surface area contributed by atoms with Gasteiger partial charge in [0.1, 0.15) is 0 Å². The van der Waals surface area contributed by atoms with Gasteiger partial charge in [-0.3, -0.25) is 0 Å². The summed E-state index contributed by atoms with van der Waals surface area (Å²) in [7, 11) is 0. The van der Waals surface area contributed by atoms with Gasteiger partial charge in [0.25, 0.3) is 0 Å². The van der Waals surface area contributed by atoms with Crippen molar-refractivity contribution >= 4 is 22.2 Å². The Bertz CT molecular complexity index is 535. The molecule has 0 aliphatic carbocycles. The summed E-state index contributed by atoms with van der Waals surface area (Å²) >= 11 is 1.74. The molecule has 0 saturated carbocycles. The summed E-state index contributed by atoms with van der Waals surface area (Å²) in [6.07, 6.45) is 1.12. The van der Waals surface area contributed by atoms with Crippen LogP contribution in [0.4, 0.5) is 10.8 Å². The van der Waals surface area contributed by atoms with Crippen LogP contribution in [0.15, 0.2) is 29.6 Å². The van der Waals surface area contributed by atoms with Gasteiger partial charge >= 0.3 is 0 Å². The van der Waals surface area contributed by atoms with Crippen LogP contribution < -0.4 is 10.2 Å². The number of fused-ring (bicyclic) bond motifs is 1. The summed E-state index contributed by atoms with van der Waals surface area (Å²) in [6, 6.07) is 8.61. The highest BCUT2D eigenvalue weighted by Crippen LogP contribution is 2.35. The zero-order chi connectivity index (χ0) is 12.4. The molecule has 0 fully saturated rings. The number of rotatable bonds is 4.